The number of aliphatic carboxylic acids is 1. The van der Waals surface area contributed by atoms with Gasteiger partial charge < -0.3 is 15.7 Å². The monoisotopic (exact) mass is 216 g/mol. The predicted molar refractivity (Wildman–Crippen MR) is 57.6 cm³/mol. The molecule has 5 heteroatoms. The van der Waals surface area contributed by atoms with Gasteiger partial charge in [-0.2, -0.15) is 0 Å². The zero-order chi connectivity index (χ0) is 11.8. The molecule has 0 heterocycles. The highest BCUT2D eigenvalue weighted by Gasteiger charge is 2.09. The minimum atomic E-state index is -0.905. The highest BCUT2D eigenvalue weighted by molar-refractivity contribution is 5.76. The minimum Gasteiger partial charge on any atom is -0.480 e. The molecule has 88 valence electrons. The number of carboxylic acids is 1. The number of carbonyl (C=O) groups is 2. The van der Waals surface area contributed by atoms with Crippen molar-refractivity contribution < 1.29 is 14.7 Å². The van der Waals surface area contributed by atoms with Crippen LogP contribution in [0.4, 0.5) is 0 Å². The summed E-state index contributed by atoms with van der Waals surface area (Å²) >= 11 is 0. The van der Waals surface area contributed by atoms with Gasteiger partial charge in [-0.3, -0.25) is 9.59 Å². The summed E-state index contributed by atoms with van der Waals surface area (Å²) in [5.41, 5.74) is 0. The first-order chi connectivity index (χ1) is 6.93. The summed E-state index contributed by atoms with van der Waals surface area (Å²) < 4.78 is 0. The van der Waals surface area contributed by atoms with Crippen molar-refractivity contribution in [1.29, 1.82) is 0 Å². The van der Waals surface area contributed by atoms with E-state index in [9.17, 15) is 9.59 Å². The van der Waals surface area contributed by atoms with Crippen LogP contribution in [-0.4, -0.2) is 36.1 Å². The Balaban J connectivity index is 3.51. The molecule has 0 aliphatic heterocycles. The van der Waals surface area contributed by atoms with Crippen molar-refractivity contribution in [2.45, 2.75) is 33.2 Å². The SMILES string of the molecule is CC(C)CNC(=O)CCNC(C)C(=O)O. The van der Waals surface area contributed by atoms with E-state index in [0.717, 1.165) is 0 Å². The lowest BCUT2D eigenvalue weighted by Crippen LogP contribution is -2.37. The first-order valence-corrected chi connectivity index (χ1v) is 5.16. The Bertz CT molecular complexity index is 217. The average Bonchev–Trinajstić information content (AvgIpc) is 2.14. The van der Waals surface area contributed by atoms with Gasteiger partial charge in [0.1, 0.15) is 6.04 Å². The Morgan fingerprint density at radius 3 is 2.33 bits per heavy atom. The number of rotatable bonds is 7. The molecule has 15 heavy (non-hydrogen) atoms. The second-order valence-corrected chi connectivity index (χ2v) is 3.96. The number of carbonyl (C=O) groups excluding carboxylic acids is 1. The summed E-state index contributed by atoms with van der Waals surface area (Å²) in [4.78, 5) is 21.6. The van der Waals surface area contributed by atoms with Crippen molar-refractivity contribution >= 4 is 11.9 Å². The Morgan fingerprint density at radius 2 is 1.87 bits per heavy atom. The maximum atomic E-state index is 11.2. The molecule has 0 rings (SSSR count). The average molecular weight is 216 g/mol. The van der Waals surface area contributed by atoms with Crippen molar-refractivity contribution in [2.75, 3.05) is 13.1 Å². The van der Waals surface area contributed by atoms with Gasteiger partial charge in [0.15, 0.2) is 0 Å². The molecule has 3 N–H and O–H groups in total. The third-order valence-corrected chi connectivity index (χ3v) is 1.88. The lowest BCUT2D eigenvalue weighted by atomic mass is 10.2. The van der Waals surface area contributed by atoms with Crippen LogP contribution >= 0.6 is 0 Å². The Hall–Kier alpha value is -1.10. The van der Waals surface area contributed by atoms with E-state index in [1.165, 1.54) is 0 Å². The van der Waals surface area contributed by atoms with Crippen LogP contribution in [0, 0.1) is 5.92 Å². The quantitative estimate of drug-likeness (QED) is 0.568. The van der Waals surface area contributed by atoms with Crippen molar-refractivity contribution in [2.24, 2.45) is 5.92 Å². The Morgan fingerprint density at radius 1 is 1.27 bits per heavy atom. The number of hydrogen-bond donors (Lipinski definition) is 3. The van der Waals surface area contributed by atoms with Crippen LogP contribution in [0.1, 0.15) is 27.2 Å². The zero-order valence-electron chi connectivity index (χ0n) is 9.54. The van der Waals surface area contributed by atoms with E-state index in [0.29, 0.717) is 25.4 Å². The molecule has 0 saturated heterocycles. The lowest BCUT2D eigenvalue weighted by molar-refractivity contribution is -0.139. The highest BCUT2D eigenvalue weighted by atomic mass is 16.4. The van der Waals surface area contributed by atoms with Crippen LogP contribution < -0.4 is 10.6 Å². The van der Waals surface area contributed by atoms with E-state index >= 15 is 0 Å². The molecule has 1 amide bonds. The van der Waals surface area contributed by atoms with Crippen LogP contribution in [0.2, 0.25) is 0 Å². The fraction of sp³-hybridized carbons (Fsp3) is 0.800. The second-order valence-electron chi connectivity index (χ2n) is 3.96. The van der Waals surface area contributed by atoms with Crippen LogP contribution in [0.15, 0.2) is 0 Å². The molecule has 0 fully saturated rings. The fourth-order valence-electron chi connectivity index (χ4n) is 0.896. The van der Waals surface area contributed by atoms with Gasteiger partial charge in [-0.15, -0.1) is 0 Å². The maximum Gasteiger partial charge on any atom is 0.320 e. The summed E-state index contributed by atoms with van der Waals surface area (Å²) in [7, 11) is 0. The van der Waals surface area contributed by atoms with Gasteiger partial charge in [0.05, 0.1) is 0 Å². The van der Waals surface area contributed by atoms with Gasteiger partial charge in [-0.25, -0.2) is 0 Å². The van der Waals surface area contributed by atoms with Crippen LogP contribution in [0.3, 0.4) is 0 Å². The van der Waals surface area contributed by atoms with Gasteiger partial charge in [0, 0.05) is 19.5 Å². The molecule has 0 aliphatic carbocycles. The fourth-order valence-corrected chi connectivity index (χ4v) is 0.896. The predicted octanol–water partition coefficient (Wildman–Crippen LogP) is 0.211. The number of nitrogens with one attached hydrogen (secondary N) is 2. The zero-order valence-corrected chi connectivity index (χ0v) is 9.54. The van der Waals surface area contributed by atoms with E-state index < -0.39 is 12.0 Å². The highest BCUT2D eigenvalue weighted by Crippen LogP contribution is 1.88. The summed E-state index contributed by atoms with van der Waals surface area (Å²) in [5.74, 6) is -0.522. The van der Waals surface area contributed by atoms with Crippen LogP contribution in [0.25, 0.3) is 0 Å². The summed E-state index contributed by atoms with van der Waals surface area (Å²) in [5, 5.41) is 14.1. The third-order valence-electron chi connectivity index (χ3n) is 1.88. The summed E-state index contributed by atoms with van der Waals surface area (Å²) in [6, 6.07) is -0.608. The molecule has 0 saturated carbocycles. The van der Waals surface area contributed by atoms with Crippen LogP contribution in [0.5, 0.6) is 0 Å². The first kappa shape index (κ1) is 13.9. The standard InChI is InChI=1S/C10H20N2O3/c1-7(2)6-12-9(13)4-5-11-8(3)10(14)15/h7-8,11H,4-6H2,1-3H3,(H,12,13)(H,14,15). The molecule has 0 aliphatic rings. The molecule has 0 aromatic rings. The molecule has 0 aromatic heterocycles. The van der Waals surface area contributed by atoms with Gasteiger partial charge in [-0.05, 0) is 12.8 Å². The van der Waals surface area contributed by atoms with Gasteiger partial charge in [0.2, 0.25) is 5.91 Å². The first-order valence-electron chi connectivity index (χ1n) is 5.16. The summed E-state index contributed by atoms with van der Waals surface area (Å²) in [6.07, 6.45) is 0.310. The normalized spacial score (nSPS) is 12.5. The molecule has 0 radical (unpaired) electrons. The van der Waals surface area contributed by atoms with E-state index in [-0.39, 0.29) is 5.91 Å². The Kier molecular flexibility index (Phi) is 6.70. The summed E-state index contributed by atoms with van der Waals surface area (Å²) in [6.45, 7) is 6.63. The molecule has 0 spiro atoms. The Labute approximate surface area is 90.2 Å². The van der Waals surface area contributed by atoms with Gasteiger partial charge in [0.25, 0.3) is 0 Å². The number of hydrogen-bond acceptors (Lipinski definition) is 3. The molecule has 0 aromatic carbocycles. The van der Waals surface area contributed by atoms with Crippen molar-refractivity contribution in [1.82, 2.24) is 10.6 Å². The smallest absolute Gasteiger partial charge is 0.320 e. The molecule has 5 nitrogen and oxygen atoms in total. The van der Waals surface area contributed by atoms with Crippen molar-refractivity contribution in [3.8, 4) is 0 Å². The maximum absolute atomic E-state index is 11.2. The van der Waals surface area contributed by atoms with E-state index in [4.69, 9.17) is 5.11 Å². The van der Waals surface area contributed by atoms with Crippen molar-refractivity contribution in [3.63, 3.8) is 0 Å². The third kappa shape index (κ3) is 7.93. The molecular formula is C10H20N2O3. The largest absolute Gasteiger partial charge is 0.480 e. The van der Waals surface area contributed by atoms with E-state index in [1.54, 1.807) is 6.92 Å². The molecular weight excluding hydrogens is 196 g/mol. The van der Waals surface area contributed by atoms with E-state index in [1.807, 2.05) is 13.8 Å². The topological polar surface area (TPSA) is 78.4 Å². The molecule has 1 atom stereocenters. The number of amides is 1. The number of carboxylic acid groups (broad SMARTS) is 1. The van der Waals surface area contributed by atoms with E-state index in [2.05, 4.69) is 10.6 Å². The van der Waals surface area contributed by atoms with Gasteiger partial charge >= 0.3 is 5.97 Å². The van der Waals surface area contributed by atoms with Crippen molar-refractivity contribution in [3.05, 3.63) is 0 Å². The van der Waals surface area contributed by atoms with Gasteiger partial charge in [-0.1, -0.05) is 13.8 Å². The van der Waals surface area contributed by atoms with Crippen LogP contribution in [-0.2, 0) is 9.59 Å². The lowest BCUT2D eigenvalue weighted by Gasteiger charge is -2.10. The molecule has 0 bridgehead atoms. The minimum absolute atomic E-state index is 0.0474. The second kappa shape index (κ2) is 7.23. The molecule has 1 unspecified atom stereocenters.